The minimum absolute atomic E-state index is 0.200. The highest BCUT2D eigenvalue weighted by Crippen LogP contribution is 2.25. The zero-order valence-electron chi connectivity index (χ0n) is 12.3. The molecule has 3 nitrogen and oxygen atoms in total. The van der Waals surface area contributed by atoms with Crippen LogP contribution in [-0.4, -0.2) is 23.4 Å². The maximum Gasteiger partial charge on any atom is 0.179 e. The zero-order valence-corrected chi connectivity index (χ0v) is 12.3. The van der Waals surface area contributed by atoms with Crippen molar-refractivity contribution in [2.75, 3.05) is 6.54 Å². The summed E-state index contributed by atoms with van der Waals surface area (Å²) in [5, 5.41) is 4.47. The number of Topliss-reactive ketones (excluding diaryl/α,β-unsaturated/α-hetero) is 1. The van der Waals surface area contributed by atoms with E-state index in [9.17, 15) is 4.79 Å². The number of rotatable bonds is 4. The third-order valence-corrected chi connectivity index (χ3v) is 4.41. The minimum Gasteiger partial charge on any atom is -0.358 e. The van der Waals surface area contributed by atoms with Gasteiger partial charge in [0.1, 0.15) is 0 Å². The van der Waals surface area contributed by atoms with Crippen LogP contribution in [0.15, 0.2) is 18.2 Å². The van der Waals surface area contributed by atoms with Gasteiger partial charge in [-0.25, -0.2) is 0 Å². The number of aromatic nitrogens is 1. The van der Waals surface area contributed by atoms with Crippen LogP contribution in [0.5, 0.6) is 0 Å². The van der Waals surface area contributed by atoms with Gasteiger partial charge in [0.25, 0.3) is 0 Å². The van der Waals surface area contributed by atoms with E-state index in [0.29, 0.717) is 12.6 Å². The first-order valence-corrected chi connectivity index (χ1v) is 7.51. The van der Waals surface area contributed by atoms with Crippen molar-refractivity contribution in [1.82, 2.24) is 10.3 Å². The van der Waals surface area contributed by atoms with Crippen LogP contribution in [0.2, 0.25) is 0 Å². The Balaban J connectivity index is 1.83. The fourth-order valence-electron chi connectivity index (χ4n) is 3.31. The molecule has 1 aromatic heterocycles. The van der Waals surface area contributed by atoms with Gasteiger partial charge in [-0.05, 0) is 32.3 Å². The van der Waals surface area contributed by atoms with Gasteiger partial charge in [-0.1, -0.05) is 31.0 Å². The van der Waals surface area contributed by atoms with Crippen molar-refractivity contribution in [2.45, 2.75) is 45.6 Å². The molecule has 1 fully saturated rings. The summed E-state index contributed by atoms with van der Waals surface area (Å²) in [4.78, 5) is 15.9. The van der Waals surface area contributed by atoms with Crippen LogP contribution in [-0.2, 0) is 0 Å². The maximum atomic E-state index is 12.5. The van der Waals surface area contributed by atoms with Gasteiger partial charge in [0.15, 0.2) is 5.78 Å². The highest BCUT2D eigenvalue weighted by atomic mass is 16.1. The summed E-state index contributed by atoms with van der Waals surface area (Å²) >= 11 is 0. The van der Waals surface area contributed by atoms with Crippen LogP contribution in [0.1, 0.15) is 47.3 Å². The molecule has 2 aromatic rings. The van der Waals surface area contributed by atoms with E-state index in [-0.39, 0.29) is 5.78 Å². The number of H-pyrrole nitrogens is 1. The molecule has 2 N–H and O–H groups in total. The molecule has 3 heteroatoms. The third kappa shape index (κ3) is 2.38. The van der Waals surface area contributed by atoms with Crippen molar-refractivity contribution in [3.63, 3.8) is 0 Å². The van der Waals surface area contributed by atoms with Crippen LogP contribution in [0.25, 0.3) is 10.9 Å². The Labute approximate surface area is 119 Å². The predicted molar refractivity (Wildman–Crippen MR) is 82.4 cm³/mol. The third-order valence-electron chi connectivity index (χ3n) is 4.41. The Hall–Kier alpha value is -1.61. The Kier molecular flexibility index (Phi) is 3.62. The van der Waals surface area contributed by atoms with Crippen LogP contribution in [0.3, 0.4) is 0 Å². The largest absolute Gasteiger partial charge is 0.358 e. The number of carbonyl (C=O) groups is 1. The highest BCUT2D eigenvalue weighted by molar-refractivity contribution is 6.10. The van der Waals surface area contributed by atoms with Gasteiger partial charge in [0.05, 0.1) is 6.54 Å². The number of hydrogen-bond donors (Lipinski definition) is 2. The second-order valence-electron chi connectivity index (χ2n) is 5.91. The average molecular weight is 270 g/mol. The lowest BCUT2D eigenvalue weighted by atomic mass is 10.0. The molecular formula is C17H22N2O. The second kappa shape index (κ2) is 5.41. The number of aromatic amines is 1. The molecule has 1 heterocycles. The summed E-state index contributed by atoms with van der Waals surface area (Å²) in [6, 6.07) is 6.66. The first-order valence-electron chi connectivity index (χ1n) is 7.51. The number of carbonyl (C=O) groups excluding carboxylic acids is 1. The Morgan fingerprint density at radius 3 is 2.80 bits per heavy atom. The van der Waals surface area contributed by atoms with E-state index in [4.69, 9.17) is 0 Å². The lowest BCUT2D eigenvalue weighted by Crippen LogP contribution is -2.31. The van der Waals surface area contributed by atoms with Gasteiger partial charge >= 0.3 is 0 Å². The summed E-state index contributed by atoms with van der Waals surface area (Å²) < 4.78 is 0. The molecule has 0 amide bonds. The van der Waals surface area contributed by atoms with Crippen molar-refractivity contribution in [2.24, 2.45) is 0 Å². The molecule has 0 spiro atoms. The molecule has 0 atom stereocenters. The van der Waals surface area contributed by atoms with E-state index in [2.05, 4.69) is 23.3 Å². The maximum absolute atomic E-state index is 12.5. The predicted octanol–water partition coefficient (Wildman–Crippen LogP) is 3.50. The minimum atomic E-state index is 0.200. The molecular weight excluding hydrogens is 248 g/mol. The van der Waals surface area contributed by atoms with E-state index in [1.54, 1.807) is 0 Å². The number of ketones is 1. The number of aryl methyl sites for hydroxylation is 2. The van der Waals surface area contributed by atoms with Crippen LogP contribution < -0.4 is 5.32 Å². The topological polar surface area (TPSA) is 44.9 Å². The molecule has 0 radical (unpaired) electrons. The number of nitrogens with one attached hydrogen (secondary N) is 2. The lowest BCUT2D eigenvalue weighted by Gasteiger charge is -2.10. The van der Waals surface area contributed by atoms with Gasteiger partial charge in [0, 0.05) is 28.2 Å². The fraction of sp³-hybridized carbons (Fsp3) is 0.471. The summed E-state index contributed by atoms with van der Waals surface area (Å²) in [5.74, 6) is 0.200. The molecule has 1 aliphatic carbocycles. The smallest absolute Gasteiger partial charge is 0.179 e. The van der Waals surface area contributed by atoms with E-state index in [1.807, 2.05) is 19.1 Å². The monoisotopic (exact) mass is 270 g/mol. The number of benzene rings is 1. The Bertz CT molecular complexity index is 636. The zero-order chi connectivity index (χ0) is 14.1. The number of fused-ring (bicyclic) bond motifs is 1. The van der Waals surface area contributed by atoms with Gasteiger partial charge in [-0.15, -0.1) is 0 Å². The van der Waals surface area contributed by atoms with Crippen LogP contribution in [0.4, 0.5) is 0 Å². The van der Waals surface area contributed by atoms with Gasteiger partial charge in [-0.2, -0.15) is 0 Å². The average Bonchev–Trinajstić information content (AvgIpc) is 3.04. The molecule has 1 aliphatic rings. The fourth-order valence-corrected chi connectivity index (χ4v) is 3.31. The van der Waals surface area contributed by atoms with E-state index in [0.717, 1.165) is 22.2 Å². The normalized spacial score (nSPS) is 16.1. The lowest BCUT2D eigenvalue weighted by molar-refractivity contribution is 0.0988. The molecule has 1 aromatic carbocycles. The molecule has 3 rings (SSSR count). The van der Waals surface area contributed by atoms with Crippen molar-refractivity contribution in [3.05, 3.63) is 35.0 Å². The van der Waals surface area contributed by atoms with Crippen molar-refractivity contribution >= 4 is 16.7 Å². The number of hydrogen-bond acceptors (Lipinski definition) is 2. The molecule has 1 saturated carbocycles. The quantitative estimate of drug-likeness (QED) is 0.835. The molecule has 0 aliphatic heterocycles. The van der Waals surface area contributed by atoms with Crippen LogP contribution >= 0.6 is 0 Å². The SMILES string of the molecule is Cc1[nH]c2c(C)cccc2c1C(=O)CNC1CCCC1. The molecule has 106 valence electrons. The van der Waals surface area contributed by atoms with Crippen molar-refractivity contribution in [3.8, 4) is 0 Å². The summed E-state index contributed by atoms with van der Waals surface area (Å²) in [7, 11) is 0. The molecule has 0 unspecified atom stereocenters. The molecule has 0 bridgehead atoms. The summed E-state index contributed by atoms with van der Waals surface area (Å²) in [5.41, 5.74) is 4.12. The summed E-state index contributed by atoms with van der Waals surface area (Å²) in [6.45, 7) is 4.51. The van der Waals surface area contributed by atoms with Crippen LogP contribution in [0, 0.1) is 13.8 Å². The van der Waals surface area contributed by atoms with Gasteiger partial charge in [-0.3, -0.25) is 4.79 Å². The van der Waals surface area contributed by atoms with Crippen molar-refractivity contribution in [1.29, 1.82) is 0 Å². The van der Waals surface area contributed by atoms with Crippen molar-refractivity contribution < 1.29 is 4.79 Å². The van der Waals surface area contributed by atoms with E-state index in [1.165, 1.54) is 31.2 Å². The first kappa shape index (κ1) is 13.4. The van der Waals surface area contributed by atoms with Gasteiger partial charge < -0.3 is 10.3 Å². The Morgan fingerprint density at radius 1 is 1.30 bits per heavy atom. The molecule has 20 heavy (non-hydrogen) atoms. The van der Waals surface area contributed by atoms with Gasteiger partial charge in [0.2, 0.25) is 0 Å². The first-order chi connectivity index (χ1) is 9.66. The van der Waals surface area contributed by atoms with E-state index < -0.39 is 0 Å². The molecule has 0 saturated heterocycles. The second-order valence-corrected chi connectivity index (χ2v) is 5.91. The number of para-hydroxylation sites is 1. The Morgan fingerprint density at radius 2 is 2.05 bits per heavy atom. The standard InChI is InChI=1S/C17H22N2O/c1-11-6-5-9-14-16(12(2)19-17(11)14)15(20)10-18-13-7-3-4-8-13/h5-6,9,13,18-19H,3-4,7-8,10H2,1-2H3. The highest BCUT2D eigenvalue weighted by Gasteiger charge is 2.19. The summed E-state index contributed by atoms with van der Waals surface area (Å²) in [6.07, 6.45) is 4.99. The van der Waals surface area contributed by atoms with E-state index >= 15 is 0 Å².